The molecule has 9 nitrogen and oxygen atoms in total. The largest absolute Gasteiger partial charge is 0.507 e. The van der Waals surface area contributed by atoms with Gasteiger partial charge >= 0.3 is 0 Å². The fraction of sp³-hybridized carbons (Fsp3) is 0.0556. The van der Waals surface area contributed by atoms with Gasteiger partial charge in [0.25, 0.3) is 11.2 Å². The Hall–Kier alpha value is -4.01. The molecule has 27 heavy (non-hydrogen) atoms. The lowest BCUT2D eigenvalue weighted by Crippen LogP contribution is -2.23. The molecule has 1 aromatic heterocycles. The molecular formula is C18H15N5O4. The summed E-state index contributed by atoms with van der Waals surface area (Å²) in [6.45, 7) is 3.85. The Labute approximate surface area is 153 Å². The van der Waals surface area contributed by atoms with Gasteiger partial charge in [-0.15, -0.1) is 6.58 Å². The van der Waals surface area contributed by atoms with Gasteiger partial charge in [-0.3, -0.25) is 19.5 Å². The summed E-state index contributed by atoms with van der Waals surface area (Å²) >= 11 is 0. The van der Waals surface area contributed by atoms with Gasteiger partial charge in [0, 0.05) is 24.2 Å². The van der Waals surface area contributed by atoms with E-state index < -0.39 is 4.92 Å². The topological polar surface area (TPSA) is 123 Å². The number of nitrogens with zero attached hydrogens (tertiary/aromatic N) is 4. The van der Waals surface area contributed by atoms with Crippen molar-refractivity contribution in [2.75, 3.05) is 5.43 Å². The Bertz CT molecular complexity index is 1120. The molecule has 0 aliphatic carbocycles. The van der Waals surface area contributed by atoms with E-state index in [2.05, 4.69) is 22.1 Å². The number of nitro groups is 1. The van der Waals surface area contributed by atoms with Crippen LogP contribution in [0.3, 0.4) is 0 Å². The zero-order valence-corrected chi connectivity index (χ0v) is 14.1. The standard InChI is InChI=1S/C18H15N5O4/c1-2-9-22-17(25)14-5-3-4-6-15(14)20-18(22)21-19-11-12-10-13(23(26)27)7-8-16(12)24/h2-8,10-11,24H,1,9H2,(H,20,21)/b19-11-. The van der Waals surface area contributed by atoms with Crippen LogP contribution in [0.2, 0.25) is 0 Å². The average molecular weight is 365 g/mol. The average Bonchev–Trinajstić information content (AvgIpc) is 2.66. The number of rotatable bonds is 6. The molecule has 0 unspecified atom stereocenters. The third kappa shape index (κ3) is 3.66. The van der Waals surface area contributed by atoms with Gasteiger partial charge in [0.05, 0.1) is 22.0 Å². The summed E-state index contributed by atoms with van der Waals surface area (Å²) in [7, 11) is 0. The van der Waals surface area contributed by atoms with Crippen LogP contribution in [0.1, 0.15) is 5.56 Å². The zero-order valence-electron chi connectivity index (χ0n) is 14.1. The third-order valence-corrected chi connectivity index (χ3v) is 3.76. The van der Waals surface area contributed by atoms with Crippen molar-refractivity contribution in [3.8, 4) is 5.75 Å². The van der Waals surface area contributed by atoms with Crippen molar-refractivity contribution in [1.82, 2.24) is 9.55 Å². The molecule has 1 heterocycles. The maximum Gasteiger partial charge on any atom is 0.270 e. The lowest BCUT2D eigenvalue weighted by Gasteiger charge is -2.10. The number of hydrogen-bond donors (Lipinski definition) is 2. The number of anilines is 1. The molecule has 2 N–H and O–H groups in total. The predicted octanol–water partition coefficient (Wildman–Crippen LogP) is 2.64. The van der Waals surface area contributed by atoms with E-state index in [4.69, 9.17) is 0 Å². The van der Waals surface area contributed by atoms with Gasteiger partial charge in [0.2, 0.25) is 5.95 Å². The maximum atomic E-state index is 12.6. The predicted molar refractivity (Wildman–Crippen MR) is 102 cm³/mol. The number of non-ortho nitro benzene ring substituents is 1. The van der Waals surface area contributed by atoms with E-state index in [-0.39, 0.29) is 35.1 Å². The van der Waals surface area contributed by atoms with E-state index in [0.717, 1.165) is 0 Å². The molecule has 0 aliphatic heterocycles. The quantitative estimate of drug-likeness (QED) is 0.300. The van der Waals surface area contributed by atoms with E-state index in [9.17, 15) is 20.0 Å². The maximum absolute atomic E-state index is 12.6. The van der Waals surface area contributed by atoms with Crippen molar-refractivity contribution in [2.45, 2.75) is 6.54 Å². The van der Waals surface area contributed by atoms with Crippen molar-refractivity contribution in [2.24, 2.45) is 5.10 Å². The fourth-order valence-corrected chi connectivity index (χ4v) is 2.47. The minimum Gasteiger partial charge on any atom is -0.507 e. The summed E-state index contributed by atoms with van der Waals surface area (Å²) in [4.78, 5) is 27.3. The highest BCUT2D eigenvalue weighted by Crippen LogP contribution is 2.21. The lowest BCUT2D eigenvalue weighted by molar-refractivity contribution is -0.384. The second-order valence-corrected chi connectivity index (χ2v) is 5.53. The molecular weight excluding hydrogens is 350 g/mol. The van der Waals surface area contributed by atoms with Crippen LogP contribution < -0.4 is 11.0 Å². The van der Waals surface area contributed by atoms with Crippen molar-refractivity contribution in [1.29, 1.82) is 0 Å². The second kappa shape index (κ2) is 7.48. The summed E-state index contributed by atoms with van der Waals surface area (Å²) in [5.74, 6) is 0.0147. The van der Waals surface area contributed by atoms with Gasteiger partial charge < -0.3 is 5.11 Å². The molecule has 0 saturated carbocycles. The van der Waals surface area contributed by atoms with Gasteiger partial charge in [0.1, 0.15) is 5.75 Å². The number of hydrogen-bond acceptors (Lipinski definition) is 7. The molecule has 0 saturated heterocycles. The summed E-state index contributed by atoms with van der Waals surface area (Å²) < 4.78 is 1.36. The summed E-state index contributed by atoms with van der Waals surface area (Å²) in [5.41, 5.74) is 2.86. The minimum atomic E-state index is -0.573. The number of hydrazone groups is 1. The molecule has 3 aromatic rings. The van der Waals surface area contributed by atoms with E-state index >= 15 is 0 Å². The highest BCUT2D eigenvalue weighted by Gasteiger charge is 2.10. The van der Waals surface area contributed by atoms with E-state index in [0.29, 0.717) is 10.9 Å². The summed E-state index contributed by atoms with van der Waals surface area (Å²) in [5, 5.41) is 25.1. The molecule has 0 radical (unpaired) electrons. The van der Waals surface area contributed by atoms with Gasteiger partial charge in [-0.25, -0.2) is 10.4 Å². The number of benzene rings is 2. The van der Waals surface area contributed by atoms with Crippen molar-refractivity contribution >= 4 is 28.8 Å². The molecule has 0 amide bonds. The Balaban J connectivity index is 1.97. The summed E-state index contributed by atoms with van der Waals surface area (Å²) in [6.07, 6.45) is 2.76. The Morgan fingerprint density at radius 2 is 2.11 bits per heavy atom. The number of nitrogens with one attached hydrogen (secondary N) is 1. The number of aromatic hydroxyl groups is 1. The molecule has 136 valence electrons. The van der Waals surface area contributed by atoms with E-state index in [1.165, 1.54) is 29.0 Å². The Morgan fingerprint density at radius 3 is 2.85 bits per heavy atom. The molecule has 3 rings (SSSR count). The highest BCUT2D eigenvalue weighted by atomic mass is 16.6. The van der Waals surface area contributed by atoms with Gasteiger partial charge in [-0.1, -0.05) is 18.2 Å². The number of phenolic OH excluding ortho intramolecular Hbond substituents is 1. The Kier molecular flexibility index (Phi) is 4.93. The van der Waals surface area contributed by atoms with Gasteiger partial charge in [0.15, 0.2) is 0 Å². The van der Waals surface area contributed by atoms with E-state index in [1.807, 2.05) is 0 Å². The monoisotopic (exact) mass is 365 g/mol. The second-order valence-electron chi connectivity index (χ2n) is 5.53. The minimum absolute atomic E-state index is 0.148. The first kappa shape index (κ1) is 17.8. The smallest absolute Gasteiger partial charge is 0.270 e. The molecule has 9 heteroatoms. The molecule has 0 atom stereocenters. The normalized spacial score (nSPS) is 11.0. The number of fused-ring (bicyclic) bond motifs is 1. The van der Waals surface area contributed by atoms with Crippen LogP contribution in [0.5, 0.6) is 5.75 Å². The first-order valence-corrected chi connectivity index (χ1v) is 7.88. The lowest BCUT2D eigenvalue weighted by atomic mass is 10.2. The van der Waals surface area contributed by atoms with Crippen LogP contribution >= 0.6 is 0 Å². The van der Waals surface area contributed by atoms with E-state index in [1.54, 1.807) is 30.3 Å². The Morgan fingerprint density at radius 1 is 1.33 bits per heavy atom. The van der Waals surface area contributed by atoms with Crippen molar-refractivity contribution in [3.05, 3.63) is 81.2 Å². The highest BCUT2D eigenvalue weighted by molar-refractivity contribution is 5.85. The zero-order chi connectivity index (χ0) is 19.4. The van der Waals surface area contributed by atoms with Gasteiger partial charge in [-0.2, -0.15) is 5.10 Å². The summed E-state index contributed by atoms with van der Waals surface area (Å²) in [6, 6.07) is 10.5. The number of allylic oxidation sites excluding steroid dienone is 1. The molecule has 0 bridgehead atoms. The van der Waals surface area contributed by atoms with Gasteiger partial charge in [-0.05, 0) is 18.2 Å². The van der Waals surface area contributed by atoms with Crippen LogP contribution in [-0.2, 0) is 6.54 Å². The SMILES string of the molecule is C=CCn1c(N/N=C\c2cc([N+](=O)[O-])ccc2O)nc2ccccc2c1=O. The van der Waals surface area contributed by atoms with Crippen LogP contribution in [0.25, 0.3) is 10.9 Å². The first-order chi connectivity index (χ1) is 13.0. The molecule has 0 spiro atoms. The van der Waals surface area contributed by atoms with Crippen LogP contribution in [0.4, 0.5) is 11.6 Å². The number of aromatic nitrogens is 2. The van der Waals surface area contributed by atoms with Crippen LogP contribution in [0, 0.1) is 10.1 Å². The molecule has 0 fully saturated rings. The molecule has 0 aliphatic rings. The first-order valence-electron chi connectivity index (χ1n) is 7.88. The fourth-order valence-electron chi connectivity index (χ4n) is 2.47. The number of para-hydroxylation sites is 1. The van der Waals surface area contributed by atoms with Crippen LogP contribution in [0.15, 0.2) is 65.0 Å². The number of phenols is 1. The van der Waals surface area contributed by atoms with Crippen LogP contribution in [-0.4, -0.2) is 25.8 Å². The number of nitro benzene ring substituents is 1. The third-order valence-electron chi connectivity index (χ3n) is 3.76. The van der Waals surface area contributed by atoms with Crippen molar-refractivity contribution < 1.29 is 10.0 Å². The van der Waals surface area contributed by atoms with Crippen molar-refractivity contribution in [3.63, 3.8) is 0 Å². The molecule has 2 aromatic carbocycles.